The molecule has 2 heterocycles. The lowest BCUT2D eigenvalue weighted by Crippen LogP contribution is -2.52. The number of hydrogen-bond acceptors (Lipinski definition) is 3. The first kappa shape index (κ1) is 16.9. The van der Waals surface area contributed by atoms with Crippen molar-refractivity contribution >= 4 is 17.8 Å². The molecule has 0 aromatic heterocycles. The summed E-state index contributed by atoms with van der Waals surface area (Å²) in [5, 5.41) is 3.88. The first-order valence-electron chi connectivity index (χ1n) is 8.47. The molecule has 1 atom stereocenters. The summed E-state index contributed by atoms with van der Waals surface area (Å²) < 4.78 is 0. The maximum Gasteiger partial charge on any atom is 0.317 e. The van der Waals surface area contributed by atoms with Gasteiger partial charge in [0.05, 0.1) is 0 Å². The number of rotatable bonds is 4. The highest BCUT2D eigenvalue weighted by molar-refractivity contribution is 8.00. The van der Waals surface area contributed by atoms with E-state index in [4.69, 9.17) is 0 Å². The van der Waals surface area contributed by atoms with Crippen molar-refractivity contribution in [3.05, 3.63) is 0 Å². The van der Waals surface area contributed by atoms with Gasteiger partial charge in [-0.3, -0.25) is 0 Å². The van der Waals surface area contributed by atoms with Crippen molar-refractivity contribution in [3.8, 4) is 0 Å². The Morgan fingerprint density at radius 3 is 2.62 bits per heavy atom. The van der Waals surface area contributed by atoms with Gasteiger partial charge < -0.3 is 15.1 Å². The van der Waals surface area contributed by atoms with Crippen molar-refractivity contribution in [1.82, 2.24) is 15.1 Å². The summed E-state index contributed by atoms with van der Waals surface area (Å²) in [6.07, 6.45) is 3.35. The molecule has 2 aliphatic rings. The minimum Gasteiger partial charge on any atom is -0.335 e. The Balaban J connectivity index is 1.71. The molecule has 2 rings (SSSR count). The Labute approximate surface area is 134 Å². The van der Waals surface area contributed by atoms with Gasteiger partial charge in [-0.2, -0.15) is 11.8 Å². The van der Waals surface area contributed by atoms with E-state index in [0.29, 0.717) is 11.3 Å². The van der Waals surface area contributed by atoms with Gasteiger partial charge in [0.15, 0.2) is 0 Å². The second-order valence-corrected chi connectivity index (χ2v) is 8.17. The van der Waals surface area contributed by atoms with Gasteiger partial charge in [-0.25, -0.2) is 4.79 Å². The van der Waals surface area contributed by atoms with E-state index in [1.807, 2.05) is 16.7 Å². The molecule has 2 amide bonds. The number of likely N-dealkylation sites (tertiary alicyclic amines) is 1. The van der Waals surface area contributed by atoms with E-state index in [0.717, 1.165) is 57.1 Å². The quantitative estimate of drug-likeness (QED) is 0.867. The third-order valence-electron chi connectivity index (χ3n) is 4.42. The molecular formula is C16H31N3OS. The number of hydrogen-bond donors (Lipinski definition) is 1. The first-order valence-corrected chi connectivity index (χ1v) is 9.52. The molecule has 0 saturated carbocycles. The van der Waals surface area contributed by atoms with Crippen LogP contribution in [0.3, 0.4) is 0 Å². The van der Waals surface area contributed by atoms with Crippen LogP contribution in [0.1, 0.15) is 40.0 Å². The monoisotopic (exact) mass is 313 g/mol. The average molecular weight is 314 g/mol. The number of nitrogens with zero attached hydrogens (tertiary/aromatic N) is 2. The Kier molecular flexibility index (Phi) is 6.68. The van der Waals surface area contributed by atoms with Crippen LogP contribution < -0.4 is 5.32 Å². The maximum atomic E-state index is 12.4. The zero-order valence-corrected chi connectivity index (χ0v) is 14.6. The summed E-state index contributed by atoms with van der Waals surface area (Å²) in [6.45, 7) is 12.0. The molecule has 122 valence electrons. The SMILES string of the molecule is CCC1CN(C(=O)NC2CCN(CC(C)C)CC2)CCS1. The zero-order chi connectivity index (χ0) is 15.2. The third-order valence-corrected chi connectivity index (χ3v) is 5.79. The number of carbonyl (C=O) groups excluding carboxylic acids is 1. The Hall–Kier alpha value is -0.420. The molecule has 0 aliphatic carbocycles. The molecule has 0 radical (unpaired) electrons. The van der Waals surface area contributed by atoms with E-state index >= 15 is 0 Å². The largest absolute Gasteiger partial charge is 0.335 e. The average Bonchev–Trinajstić information content (AvgIpc) is 2.49. The van der Waals surface area contributed by atoms with Crippen LogP contribution in [-0.4, -0.2) is 65.6 Å². The molecule has 0 bridgehead atoms. The summed E-state index contributed by atoms with van der Waals surface area (Å²) in [6, 6.07) is 0.534. The van der Waals surface area contributed by atoms with Crippen LogP contribution in [0.5, 0.6) is 0 Å². The normalized spacial score (nSPS) is 25.3. The van der Waals surface area contributed by atoms with Gasteiger partial charge in [-0.05, 0) is 25.2 Å². The molecule has 2 saturated heterocycles. The van der Waals surface area contributed by atoms with Gasteiger partial charge in [-0.15, -0.1) is 0 Å². The molecule has 2 fully saturated rings. The van der Waals surface area contributed by atoms with Crippen LogP contribution in [0, 0.1) is 5.92 Å². The third kappa shape index (κ3) is 5.37. The van der Waals surface area contributed by atoms with Crippen molar-refractivity contribution < 1.29 is 4.79 Å². The van der Waals surface area contributed by atoms with Gasteiger partial charge in [0, 0.05) is 49.8 Å². The van der Waals surface area contributed by atoms with E-state index in [-0.39, 0.29) is 6.03 Å². The number of carbonyl (C=O) groups is 1. The van der Waals surface area contributed by atoms with E-state index in [2.05, 4.69) is 31.0 Å². The van der Waals surface area contributed by atoms with Gasteiger partial charge in [0.2, 0.25) is 0 Å². The summed E-state index contributed by atoms with van der Waals surface area (Å²) in [4.78, 5) is 16.9. The molecule has 21 heavy (non-hydrogen) atoms. The fourth-order valence-electron chi connectivity index (χ4n) is 3.19. The van der Waals surface area contributed by atoms with Crippen LogP contribution in [0.4, 0.5) is 4.79 Å². The lowest BCUT2D eigenvalue weighted by atomic mass is 10.0. The molecule has 2 aliphatic heterocycles. The standard InChI is InChI=1S/C16H31N3OS/c1-4-15-12-19(9-10-21-15)16(20)17-14-5-7-18(8-6-14)11-13(2)3/h13-15H,4-12H2,1-3H3,(H,17,20). The molecular weight excluding hydrogens is 282 g/mol. The van der Waals surface area contributed by atoms with Crippen molar-refractivity contribution in [3.63, 3.8) is 0 Å². The molecule has 1 N–H and O–H groups in total. The second-order valence-electron chi connectivity index (χ2n) is 6.77. The van der Waals surface area contributed by atoms with Gasteiger partial charge >= 0.3 is 6.03 Å². The number of urea groups is 1. The minimum absolute atomic E-state index is 0.163. The maximum absolute atomic E-state index is 12.4. The number of amides is 2. The number of thioether (sulfide) groups is 1. The van der Waals surface area contributed by atoms with Crippen LogP contribution in [0.25, 0.3) is 0 Å². The van der Waals surface area contributed by atoms with Crippen molar-refractivity contribution in [2.45, 2.75) is 51.3 Å². The van der Waals surface area contributed by atoms with Crippen molar-refractivity contribution in [1.29, 1.82) is 0 Å². The van der Waals surface area contributed by atoms with E-state index < -0.39 is 0 Å². The fraction of sp³-hybridized carbons (Fsp3) is 0.938. The summed E-state index contributed by atoms with van der Waals surface area (Å²) in [7, 11) is 0. The highest BCUT2D eigenvalue weighted by atomic mass is 32.2. The number of nitrogens with one attached hydrogen (secondary N) is 1. The molecule has 5 heteroatoms. The van der Waals surface area contributed by atoms with Crippen molar-refractivity contribution in [2.24, 2.45) is 5.92 Å². The summed E-state index contributed by atoms with van der Waals surface area (Å²) >= 11 is 2.01. The first-order chi connectivity index (χ1) is 10.1. The second kappa shape index (κ2) is 8.28. The summed E-state index contributed by atoms with van der Waals surface area (Å²) in [5.41, 5.74) is 0. The predicted molar refractivity (Wildman–Crippen MR) is 90.9 cm³/mol. The Bertz CT molecular complexity index is 329. The smallest absolute Gasteiger partial charge is 0.317 e. The Morgan fingerprint density at radius 1 is 1.29 bits per heavy atom. The lowest BCUT2D eigenvalue weighted by Gasteiger charge is -2.36. The van der Waals surface area contributed by atoms with Gasteiger partial charge in [0.1, 0.15) is 0 Å². The van der Waals surface area contributed by atoms with E-state index in [1.54, 1.807) is 0 Å². The summed E-state index contributed by atoms with van der Waals surface area (Å²) in [5.74, 6) is 1.81. The Morgan fingerprint density at radius 2 is 2.00 bits per heavy atom. The topological polar surface area (TPSA) is 35.6 Å². The molecule has 0 spiro atoms. The van der Waals surface area contributed by atoms with E-state index in [9.17, 15) is 4.79 Å². The van der Waals surface area contributed by atoms with Crippen molar-refractivity contribution in [2.75, 3.05) is 38.5 Å². The van der Waals surface area contributed by atoms with Crippen LogP contribution in [0.2, 0.25) is 0 Å². The van der Waals surface area contributed by atoms with Gasteiger partial charge in [-0.1, -0.05) is 20.8 Å². The molecule has 0 aromatic carbocycles. The van der Waals surface area contributed by atoms with Gasteiger partial charge in [0.25, 0.3) is 0 Å². The van der Waals surface area contributed by atoms with E-state index in [1.165, 1.54) is 6.54 Å². The molecule has 4 nitrogen and oxygen atoms in total. The van der Waals surface area contributed by atoms with Crippen LogP contribution >= 0.6 is 11.8 Å². The van der Waals surface area contributed by atoms with Crippen LogP contribution in [-0.2, 0) is 0 Å². The minimum atomic E-state index is 0.163. The highest BCUT2D eigenvalue weighted by Gasteiger charge is 2.26. The lowest BCUT2D eigenvalue weighted by molar-refractivity contribution is 0.164. The highest BCUT2D eigenvalue weighted by Crippen LogP contribution is 2.21. The molecule has 1 unspecified atom stereocenters. The predicted octanol–water partition coefficient (Wildman–Crippen LogP) is 2.64. The van der Waals surface area contributed by atoms with Crippen LogP contribution in [0.15, 0.2) is 0 Å². The molecule has 0 aromatic rings. The fourth-order valence-corrected chi connectivity index (χ4v) is 4.37. The zero-order valence-electron chi connectivity index (χ0n) is 13.8. The number of piperidine rings is 1.